The Morgan fingerprint density at radius 1 is 1.75 bits per heavy atom. The summed E-state index contributed by atoms with van der Waals surface area (Å²) in [6.07, 6.45) is 2.57. The van der Waals surface area contributed by atoms with Crippen LogP contribution in [-0.4, -0.2) is 17.5 Å². The molecule has 1 aliphatic rings. The second-order valence-electron chi connectivity index (χ2n) is 2.90. The number of cyclic esters (lactones) is 1. The quantitative estimate of drug-likeness (QED) is 0.349. The van der Waals surface area contributed by atoms with Gasteiger partial charge in [0.25, 0.3) is 0 Å². The molecule has 0 radical (unpaired) electrons. The summed E-state index contributed by atoms with van der Waals surface area (Å²) in [5.41, 5.74) is -0.799. The van der Waals surface area contributed by atoms with Gasteiger partial charge in [-0.05, 0) is 6.92 Å². The molecule has 0 bridgehead atoms. The van der Waals surface area contributed by atoms with Crippen molar-refractivity contribution in [3.05, 3.63) is 22.4 Å². The van der Waals surface area contributed by atoms with Gasteiger partial charge in [-0.3, -0.25) is 14.9 Å². The second kappa shape index (κ2) is 2.92. The van der Waals surface area contributed by atoms with Crippen molar-refractivity contribution in [3.63, 3.8) is 0 Å². The number of ether oxygens (including phenoxy) is 1. The Morgan fingerprint density at radius 2 is 2.42 bits per heavy atom. The normalized spacial score (nSPS) is 29.2. The molecule has 66 valence electrons. The predicted molar refractivity (Wildman–Crippen MR) is 39.8 cm³/mol. The molecule has 0 aliphatic carbocycles. The molecule has 1 rings (SSSR count). The minimum atomic E-state index is -0.799. The Hall–Kier alpha value is -1.39. The molecule has 1 heterocycles. The standard InChI is InChI=1S/C7H9NO4/c1-7(2-4-8(10)11)3-5-12-6(7)9/h2,4H,3,5H2,1H3/b4-2+/t7-/m1/s1. The summed E-state index contributed by atoms with van der Waals surface area (Å²) in [5, 5.41) is 9.97. The Balaban J connectivity index is 2.72. The van der Waals surface area contributed by atoms with E-state index in [4.69, 9.17) is 0 Å². The third-order valence-corrected chi connectivity index (χ3v) is 1.88. The topological polar surface area (TPSA) is 69.4 Å². The molecule has 0 amide bonds. The molecule has 0 aromatic rings. The largest absolute Gasteiger partial charge is 0.465 e. The van der Waals surface area contributed by atoms with Crippen LogP contribution in [0.25, 0.3) is 0 Å². The second-order valence-corrected chi connectivity index (χ2v) is 2.90. The van der Waals surface area contributed by atoms with Gasteiger partial charge in [0.15, 0.2) is 0 Å². The highest BCUT2D eigenvalue weighted by Gasteiger charge is 2.38. The summed E-state index contributed by atoms with van der Waals surface area (Å²) in [6.45, 7) is 1.97. The number of carbonyl (C=O) groups is 1. The molecule has 0 saturated carbocycles. The lowest BCUT2D eigenvalue weighted by molar-refractivity contribution is -0.403. The van der Waals surface area contributed by atoms with Crippen LogP contribution in [0.15, 0.2) is 12.3 Å². The molecular formula is C7H9NO4. The molecule has 0 aromatic heterocycles. The molecule has 1 saturated heterocycles. The van der Waals surface area contributed by atoms with Crippen LogP contribution < -0.4 is 0 Å². The van der Waals surface area contributed by atoms with E-state index in [0.717, 1.165) is 6.20 Å². The molecular weight excluding hydrogens is 162 g/mol. The Morgan fingerprint density at radius 3 is 2.83 bits per heavy atom. The zero-order valence-corrected chi connectivity index (χ0v) is 6.65. The van der Waals surface area contributed by atoms with E-state index in [1.54, 1.807) is 6.92 Å². The van der Waals surface area contributed by atoms with Crippen molar-refractivity contribution in [2.45, 2.75) is 13.3 Å². The van der Waals surface area contributed by atoms with Gasteiger partial charge >= 0.3 is 5.97 Å². The third kappa shape index (κ3) is 1.61. The summed E-state index contributed by atoms with van der Waals surface area (Å²) in [5.74, 6) is -0.388. The maximum absolute atomic E-state index is 11.0. The van der Waals surface area contributed by atoms with Crippen LogP contribution in [0.3, 0.4) is 0 Å². The van der Waals surface area contributed by atoms with Gasteiger partial charge in [-0.25, -0.2) is 0 Å². The minimum absolute atomic E-state index is 0.345. The van der Waals surface area contributed by atoms with Crippen LogP contribution in [-0.2, 0) is 9.53 Å². The number of hydrogen-bond acceptors (Lipinski definition) is 4. The zero-order valence-electron chi connectivity index (χ0n) is 6.65. The molecule has 12 heavy (non-hydrogen) atoms. The van der Waals surface area contributed by atoms with E-state index in [1.807, 2.05) is 0 Å². The average molecular weight is 171 g/mol. The maximum atomic E-state index is 11.0. The van der Waals surface area contributed by atoms with Crippen molar-refractivity contribution in [2.24, 2.45) is 5.41 Å². The summed E-state index contributed by atoms with van der Waals surface area (Å²) in [7, 11) is 0. The molecule has 1 aliphatic heterocycles. The van der Waals surface area contributed by atoms with Gasteiger partial charge in [-0.15, -0.1) is 0 Å². The average Bonchev–Trinajstić information content (AvgIpc) is 2.30. The molecule has 0 N–H and O–H groups in total. The number of nitro groups is 1. The van der Waals surface area contributed by atoms with E-state index in [2.05, 4.69) is 4.74 Å². The van der Waals surface area contributed by atoms with Gasteiger partial charge in [-0.1, -0.05) is 0 Å². The van der Waals surface area contributed by atoms with E-state index in [-0.39, 0.29) is 5.97 Å². The highest BCUT2D eigenvalue weighted by atomic mass is 16.6. The molecule has 5 nitrogen and oxygen atoms in total. The van der Waals surface area contributed by atoms with Crippen molar-refractivity contribution >= 4 is 5.97 Å². The van der Waals surface area contributed by atoms with Gasteiger partial charge in [-0.2, -0.15) is 0 Å². The molecule has 5 heteroatoms. The molecule has 0 unspecified atom stereocenters. The lowest BCUT2D eigenvalue weighted by Crippen LogP contribution is -2.19. The SMILES string of the molecule is C[C@@]1(/C=C/[N+](=O)[O-])CCOC1=O. The number of rotatable bonds is 2. The maximum Gasteiger partial charge on any atom is 0.316 e. The fraction of sp³-hybridized carbons (Fsp3) is 0.571. The fourth-order valence-corrected chi connectivity index (χ4v) is 0.999. The van der Waals surface area contributed by atoms with E-state index >= 15 is 0 Å². The van der Waals surface area contributed by atoms with Crippen LogP contribution in [0.1, 0.15) is 13.3 Å². The van der Waals surface area contributed by atoms with Crippen molar-refractivity contribution in [1.29, 1.82) is 0 Å². The lowest BCUT2D eigenvalue weighted by Gasteiger charge is -2.09. The molecule has 1 atom stereocenters. The van der Waals surface area contributed by atoms with Crippen LogP contribution in [0, 0.1) is 15.5 Å². The highest BCUT2D eigenvalue weighted by molar-refractivity contribution is 5.80. The van der Waals surface area contributed by atoms with Gasteiger partial charge in [0.2, 0.25) is 6.20 Å². The highest BCUT2D eigenvalue weighted by Crippen LogP contribution is 2.30. The first-order chi connectivity index (χ1) is 5.54. The van der Waals surface area contributed by atoms with Gasteiger partial charge in [0, 0.05) is 12.5 Å². The Kier molecular flexibility index (Phi) is 2.12. The molecule has 0 aromatic carbocycles. The minimum Gasteiger partial charge on any atom is -0.465 e. The molecule has 0 spiro atoms. The number of hydrogen-bond donors (Lipinski definition) is 0. The third-order valence-electron chi connectivity index (χ3n) is 1.88. The fourth-order valence-electron chi connectivity index (χ4n) is 0.999. The summed E-state index contributed by atoms with van der Waals surface area (Å²) in [4.78, 5) is 20.4. The first-order valence-electron chi connectivity index (χ1n) is 3.55. The number of carbonyl (C=O) groups excluding carboxylic acids is 1. The Bertz CT molecular complexity index is 248. The van der Waals surface area contributed by atoms with Gasteiger partial charge in [0.05, 0.1) is 16.9 Å². The van der Waals surface area contributed by atoms with Crippen LogP contribution in [0.2, 0.25) is 0 Å². The van der Waals surface area contributed by atoms with Crippen molar-refractivity contribution in [3.8, 4) is 0 Å². The number of nitrogens with zero attached hydrogens (tertiary/aromatic N) is 1. The predicted octanol–water partition coefficient (Wildman–Crippen LogP) is 0.730. The summed E-state index contributed by atoms with van der Waals surface area (Å²) >= 11 is 0. The van der Waals surface area contributed by atoms with E-state index in [9.17, 15) is 14.9 Å². The first kappa shape index (κ1) is 8.70. The first-order valence-corrected chi connectivity index (χ1v) is 3.55. The monoisotopic (exact) mass is 171 g/mol. The Labute approximate surface area is 69.2 Å². The van der Waals surface area contributed by atoms with E-state index < -0.39 is 10.3 Å². The van der Waals surface area contributed by atoms with E-state index in [1.165, 1.54) is 6.08 Å². The summed E-state index contributed by atoms with van der Waals surface area (Å²) in [6, 6.07) is 0. The van der Waals surface area contributed by atoms with Gasteiger partial charge in [0.1, 0.15) is 0 Å². The number of esters is 1. The molecule has 1 fully saturated rings. The van der Waals surface area contributed by atoms with Crippen LogP contribution >= 0.6 is 0 Å². The van der Waals surface area contributed by atoms with Crippen LogP contribution in [0.4, 0.5) is 0 Å². The van der Waals surface area contributed by atoms with Crippen molar-refractivity contribution in [1.82, 2.24) is 0 Å². The van der Waals surface area contributed by atoms with Gasteiger partial charge < -0.3 is 4.74 Å². The summed E-state index contributed by atoms with van der Waals surface area (Å²) < 4.78 is 4.69. The van der Waals surface area contributed by atoms with E-state index in [0.29, 0.717) is 13.0 Å². The van der Waals surface area contributed by atoms with Crippen LogP contribution in [0.5, 0.6) is 0 Å². The van der Waals surface area contributed by atoms with Crippen molar-refractivity contribution < 1.29 is 14.5 Å². The van der Waals surface area contributed by atoms with Crippen molar-refractivity contribution in [2.75, 3.05) is 6.61 Å². The zero-order chi connectivity index (χ0) is 9.19. The lowest BCUT2D eigenvalue weighted by atomic mass is 9.89. The smallest absolute Gasteiger partial charge is 0.316 e.